The zero-order valence-corrected chi connectivity index (χ0v) is 13.0. The van der Waals surface area contributed by atoms with Gasteiger partial charge in [-0.05, 0) is 30.5 Å². The van der Waals surface area contributed by atoms with Gasteiger partial charge in [0, 0.05) is 6.26 Å². The van der Waals surface area contributed by atoms with Crippen LogP contribution in [0.15, 0.2) is 17.0 Å². The zero-order chi connectivity index (χ0) is 15.3. The second kappa shape index (κ2) is 6.74. The molecule has 0 heterocycles. The Morgan fingerprint density at radius 1 is 1.25 bits per heavy atom. The van der Waals surface area contributed by atoms with Crippen LogP contribution in [0.4, 0.5) is 0 Å². The Kier molecular flexibility index (Phi) is 5.56. The molecule has 5 nitrogen and oxygen atoms in total. The molecule has 6 heteroatoms. The Morgan fingerprint density at radius 2 is 1.90 bits per heavy atom. The van der Waals surface area contributed by atoms with E-state index in [1.807, 2.05) is 13.8 Å². The molecule has 0 unspecified atom stereocenters. The lowest BCUT2D eigenvalue weighted by Gasteiger charge is -2.14. The molecule has 0 aliphatic heterocycles. The fourth-order valence-corrected chi connectivity index (χ4v) is 2.62. The van der Waals surface area contributed by atoms with E-state index in [2.05, 4.69) is 0 Å². The van der Waals surface area contributed by atoms with Crippen molar-refractivity contribution >= 4 is 15.8 Å². The Labute approximate surface area is 119 Å². The number of methoxy groups -OCH3 is 1. The van der Waals surface area contributed by atoms with Gasteiger partial charge in [0.25, 0.3) is 0 Å². The largest absolute Gasteiger partial charge is 0.492 e. The van der Waals surface area contributed by atoms with E-state index in [4.69, 9.17) is 9.47 Å². The molecule has 0 fully saturated rings. The smallest absolute Gasteiger partial charge is 0.338 e. The normalized spacial score (nSPS) is 11.2. The Bertz CT molecular complexity index is 590. The molecule has 1 rings (SSSR count). The van der Waals surface area contributed by atoms with Crippen LogP contribution in [-0.2, 0) is 21.0 Å². The van der Waals surface area contributed by atoms with Crippen LogP contribution in [0.25, 0.3) is 0 Å². The third kappa shape index (κ3) is 3.72. The predicted molar refractivity (Wildman–Crippen MR) is 76.1 cm³/mol. The first-order valence-electron chi connectivity index (χ1n) is 6.43. The molecule has 0 saturated carbocycles. The summed E-state index contributed by atoms with van der Waals surface area (Å²) in [7, 11) is -2.22. The Morgan fingerprint density at radius 3 is 2.35 bits per heavy atom. The summed E-state index contributed by atoms with van der Waals surface area (Å²) in [4.78, 5) is 11.8. The number of benzene rings is 1. The molecule has 0 aliphatic carbocycles. The van der Waals surface area contributed by atoms with Gasteiger partial charge in [0.15, 0.2) is 9.84 Å². The van der Waals surface area contributed by atoms with E-state index in [-0.39, 0.29) is 10.5 Å². The summed E-state index contributed by atoms with van der Waals surface area (Å²) in [6.07, 6.45) is 2.44. The molecule has 0 saturated heterocycles. The van der Waals surface area contributed by atoms with E-state index in [9.17, 15) is 13.2 Å². The molecule has 0 radical (unpaired) electrons. The minimum Gasteiger partial charge on any atom is -0.492 e. The van der Waals surface area contributed by atoms with Gasteiger partial charge >= 0.3 is 5.97 Å². The number of sulfone groups is 1. The second-order valence-corrected chi connectivity index (χ2v) is 6.41. The number of ether oxygens (including phenoxy) is 2. The topological polar surface area (TPSA) is 69.7 Å². The molecule has 112 valence electrons. The Hall–Kier alpha value is -1.56. The van der Waals surface area contributed by atoms with Crippen LogP contribution in [0, 0.1) is 0 Å². The SMILES string of the molecule is CCCOc1cc(CC)c(C(=O)OC)cc1S(C)(=O)=O. The molecule has 0 bridgehead atoms. The molecule has 0 amide bonds. The number of hydrogen-bond acceptors (Lipinski definition) is 5. The van der Waals surface area contributed by atoms with Gasteiger partial charge < -0.3 is 9.47 Å². The van der Waals surface area contributed by atoms with Crippen LogP contribution in [0.1, 0.15) is 36.2 Å². The van der Waals surface area contributed by atoms with Crippen molar-refractivity contribution in [1.82, 2.24) is 0 Å². The van der Waals surface area contributed by atoms with Gasteiger partial charge in [0.05, 0.1) is 19.3 Å². The van der Waals surface area contributed by atoms with Gasteiger partial charge in [-0.2, -0.15) is 0 Å². The van der Waals surface area contributed by atoms with Crippen molar-refractivity contribution in [3.05, 3.63) is 23.3 Å². The minimum absolute atomic E-state index is 0.0172. The lowest BCUT2D eigenvalue weighted by molar-refractivity contribution is 0.0599. The highest BCUT2D eigenvalue weighted by Gasteiger charge is 2.21. The third-order valence-corrected chi connectivity index (χ3v) is 3.93. The minimum atomic E-state index is -3.49. The summed E-state index contributed by atoms with van der Waals surface area (Å²) in [5.41, 5.74) is 0.967. The van der Waals surface area contributed by atoms with E-state index in [1.165, 1.54) is 13.2 Å². The van der Waals surface area contributed by atoms with Crippen LogP contribution in [0.2, 0.25) is 0 Å². The van der Waals surface area contributed by atoms with Crippen LogP contribution in [0.3, 0.4) is 0 Å². The highest BCUT2D eigenvalue weighted by Crippen LogP contribution is 2.29. The summed E-state index contributed by atoms with van der Waals surface area (Å²) in [6.45, 7) is 4.23. The first-order chi connectivity index (χ1) is 9.35. The van der Waals surface area contributed by atoms with Crippen molar-refractivity contribution in [3.63, 3.8) is 0 Å². The molecule has 0 N–H and O–H groups in total. The van der Waals surface area contributed by atoms with Crippen molar-refractivity contribution in [3.8, 4) is 5.75 Å². The molecule has 1 aromatic rings. The van der Waals surface area contributed by atoms with Crippen molar-refractivity contribution in [2.24, 2.45) is 0 Å². The standard InChI is InChI=1S/C14H20O5S/c1-5-7-19-12-8-10(6-2)11(14(15)18-3)9-13(12)20(4,16)17/h8-9H,5-7H2,1-4H3. The first kappa shape index (κ1) is 16.5. The fourth-order valence-electron chi connectivity index (χ4n) is 1.81. The van der Waals surface area contributed by atoms with E-state index >= 15 is 0 Å². The molecule has 20 heavy (non-hydrogen) atoms. The average molecular weight is 300 g/mol. The Balaban J connectivity index is 3.48. The molecular weight excluding hydrogens is 280 g/mol. The van der Waals surface area contributed by atoms with Gasteiger partial charge in [-0.15, -0.1) is 0 Å². The maximum Gasteiger partial charge on any atom is 0.338 e. The number of carbonyl (C=O) groups excluding carboxylic acids is 1. The van der Waals surface area contributed by atoms with E-state index in [0.29, 0.717) is 24.3 Å². The third-order valence-electron chi connectivity index (χ3n) is 2.82. The summed E-state index contributed by atoms with van der Waals surface area (Å²) in [6, 6.07) is 2.95. The lowest BCUT2D eigenvalue weighted by atomic mass is 10.0. The highest BCUT2D eigenvalue weighted by atomic mass is 32.2. The quantitative estimate of drug-likeness (QED) is 0.753. The van der Waals surface area contributed by atoms with Crippen LogP contribution in [0.5, 0.6) is 5.75 Å². The highest BCUT2D eigenvalue weighted by molar-refractivity contribution is 7.90. The molecule has 0 aromatic heterocycles. The number of esters is 1. The lowest BCUT2D eigenvalue weighted by Crippen LogP contribution is -2.11. The molecular formula is C14H20O5S. The fraction of sp³-hybridized carbons (Fsp3) is 0.500. The summed E-state index contributed by atoms with van der Waals surface area (Å²) >= 11 is 0. The second-order valence-electron chi connectivity index (χ2n) is 4.42. The van der Waals surface area contributed by atoms with Crippen LogP contribution < -0.4 is 4.74 Å². The van der Waals surface area contributed by atoms with Gasteiger partial charge in [0.1, 0.15) is 10.6 Å². The summed E-state index contributed by atoms with van der Waals surface area (Å²) in [5.74, 6) is -0.257. The zero-order valence-electron chi connectivity index (χ0n) is 12.2. The van der Waals surface area contributed by atoms with Crippen LogP contribution in [-0.4, -0.2) is 34.4 Å². The first-order valence-corrected chi connectivity index (χ1v) is 8.32. The van der Waals surface area contributed by atoms with Crippen molar-refractivity contribution in [2.75, 3.05) is 20.0 Å². The number of aryl methyl sites for hydroxylation is 1. The molecule has 0 atom stereocenters. The van der Waals surface area contributed by atoms with E-state index in [1.54, 1.807) is 6.07 Å². The van der Waals surface area contributed by atoms with Gasteiger partial charge in [-0.1, -0.05) is 13.8 Å². The van der Waals surface area contributed by atoms with Crippen molar-refractivity contribution < 1.29 is 22.7 Å². The maximum absolute atomic E-state index is 11.8. The monoisotopic (exact) mass is 300 g/mol. The predicted octanol–water partition coefficient (Wildman–Crippen LogP) is 2.23. The number of carbonyl (C=O) groups is 1. The van der Waals surface area contributed by atoms with Gasteiger partial charge in [-0.3, -0.25) is 0 Å². The number of hydrogen-bond donors (Lipinski definition) is 0. The van der Waals surface area contributed by atoms with Crippen molar-refractivity contribution in [1.29, 1.82) is 0 Å². The summed E-state index contributed by atoms with van der Waals surface area (Å²) < 4.78 is 33.9. The summed E-state index contributed by atoms with van der Waals surface area (Å²) in [5, 5.41) is 0. The number of rotatable bonds is 6. The molecule has 1 aromatic carbocycles. The molecule has 0 spiro atoms. The van der Waals surface area contributed by atoms with Gasteiger partial charge in [-0.25, -0.2) is 13.2 Å². The van der Waals surface area contributed by atoms with E-state index < -0.39 is 15.8 Å². The molecule has 0 aliphatic rings. The van der Waals surface area contributed by atoms with Crippen LogP contribution >= 0.6 is 0 Å². The van der Waals surface area contributed by atoms with E-state index in [0.717, 1.165) is 12.7 Å². The maximum atomic E-state index is 11.8. The average Bonchev–Trinajstić information content (AvgIpc) is 2.42. The van der Waals surface area contributed by atoms with Gasteiger partial charge in [0.2, 0.25) is 0 Å². The van der Waals surface area contributed by atoms with Crippen molar-refractivity contribution in [2.45, 2.75) is 31.6 Å².